The fraction of sp³-hybridized carbons (Fsp3) is 0.286. The number of aryl methyl sites for hydroxylation is 1. The van der Waals surface area contributed by atoms with E-state index in [1.807, 2.05) is 57.2 Å². The van der Waals surface area contributed by atoms with E-state index in [1.54, 1.807) is 12.1 Å². The third-order valence-corrected chi connectivity index (χ3v) is 4.23. The standard InChI is InChI=1S/C21H23N3O3/c1-4-15(3)22-19(25)13-26-18-11-9-17(10-12-18)21-23-20(24-27-21)16-7-5-14(2)6-8-16/h5-12,15H,4,13H2,1-3H3,(H,22,25). The van der Waals surface area contributed by atoms with Crippen LogP contribution in [0, 0.1) is 6.92 Å². The Morgan fingerprint density at radius 1 is 1.11 bits per heavy atom. The summed E-state index contributed by atoms with van der Waals surface area (Å²) < 4.78 is 10.9. The van der Waals surface area contributed by atoms with Gasteiger partial charge in [0.15, 0.2) is 6.61 Å². The van der Waals surface area contributed by atoms with Crippen LogP contribution in [-0.2, 0) is 4.79 Å². The van der Waals surface area contributed by atoms with E-state index in [-0.39, 0.29) is 18.6 Å². The number of aromatic nitrogens is 2. The van der Waals surface area contributed by atoms with Crippen molar-refractivity contribution in [3.05, 3.63) is 54.1 Å². The Morgan fingerprint density at radius 3 is 2.44 bits per heavy atom. The summed E-state index contributed by atoms with van der Waals surface area (Å²) in [6, 6.07) is 15.3. The molecular formula is C21H23N3O3. The van der Waals surface area contributed by atoms with Crippen LogP contribution in [0.15, 0.2) is 53.1 Å². The highest BCUT2D eigenvalue weighted by molar-refractivity contribution is 5.77. The lowest BCUT2D eigenvalue weighted by Gasteiger charge is -2.12. The summed E-state index contributed by atoms with van der Waals surface area (Å²) in [6.07, 6.45) is 0.884. The molecule has 140 valence electrons. The second-order valence-corrected chi connectivity index (χ2v) is 6.48. The summed E-state index contributed by atoms with van der Waals surface area (Å²) in [4.78, 5) is 16.2. The average Bonchev–Trinajstić information content (AvgIpc) is 3.17. The summed E-state index contributed by atoms with van der Waals surface area (Å²) >= 11 is 0. The topological polar surface area (TPSA) is 77.2 Å². The molecule has 1 N–H and O–H groups in total. The van der Waals surface area contributed by atoms with Gasteiger partial charge in [-0.2, -0.15) is 4.98 Å². The van der Waals surface area contributed by atoms with E-state index in [4.69, 9.17) is 9.26 Å². The monoisotopic (exact) mass is 365 g/mol. The molecule has 0 aliphatic heterocycles. The zero-order valence-electron chi connectivity index (χ0n) is 15.7. The fourth-order valence-corrected chi connectivity index (χ4v) is 2.42. The number of carbonyl (C=O) groups excluding carboxylic acids is 1. The van der Waals surface area contributed by atoms with E-state index >= 15 is 0 Å². The zero-order valence-corrected chi connectivity index (χ0v) is 15.7. The number of benzene rings is 2. The van der Waals surface area contributed by atoms with Crippen molar-refractivity contribution in [1.29, 1.82) is 0 Å². The van der Waals surface area contributed by atoms with Crippen LogP contribution >= 0.6 is 0 Å². The minimum atomic E-state index is -0.131. The van der Waals surface area contributed by atoms with Crippen molar-refractivity contribution >= 4 is 5.91 Å². The molecule has 6 nitrogen and oxygen atoms in total. The third kappa shape index (κ3) is 4.94. The molecule has 0 saturated carbocycles. The lowest BCUT2D eigenvalue weighted by molar-refractivity contribution is -0.123. The lowest BCUT2D eigenvalue weighted by Crippen LogP contribution is -2.35. The Morgan fingerprint density at radius 2 is 1.78 bits per heavy atom. The number of hydrogen-bond donors (Lipinski definition) is 1. The van der Waals surface area contributed by atoms with E-state index in [0.29, 0.717) is 17.5 Å². The number of nitrogens with zero attached hydrogens (tertiary/aromatic N) is 2. The van der Waals surface area contributed by atoms with Crippen LogP contribution in [0.25, 0.3) is 22.8 Å². The highest BCUT2D eigenvalue weighted by Gasteiger charge is 2.11. The summed E-state index contributed by atoms with van der Waals surface area (Å²) in [5, 5.41) is 6.90. The molecule has 1 aromatic heterocycles. The Kier molecular flexibility index (Phi) is 5.86. The second-order valence-electron chi connectivity index (χ2n) is 6.48. The Labute approximate surface area is 158 Å². The maximum absolute atomic E-state index is 11.8. The van der Waals surface area contributed by atoms with Gasteiger partial charge in [-0.15, -0.1) is 0 Å². The largest absolute Gasteiger partial charge is 0.484 e. The molecule has 0 saturated heterocycles. The molecule has 3 aromatic rings. The van der Waals surface area contributed by atoms with Gasteiger partial charge in [-0.1, -0.05) is 41.9 Å². The second kappa shape index (κ2) is 8.49. The van der Waals surface area contributed by atoms with Crippen molar-refractivity contribution in [1.82, 2.24) is 15.5 Å². The number of rotatable bonds is 7. The molecule has 0 spiro atoms. The van der Waals surface area contributed by atoms with Gasteiger partial charge in [0, 0.05) is 17.2 Å². The molecule has 0 bridgehead atoms. The van der Waals surface area contributed by atoms with Crippen molar-refractivity contribution in [3.8, 4) is 28.6 Å². The van der Waals surface area contributed by atoms with Crippen molar-refractivity contribution in [2.45, 2.75) is 33.2 Å². The van der Waals surface area contributed by atoms with E-state index in [1.165, 1.54) is 5.56 Å². The normalized spacial score (nSPS) is 11.8. The number of carbonyl (C=O) groups is 1. The maximum Gasteiger partial charge on any atom is 0.258 e. The van der Waals surface area contributed by atoms with Crippen molar-refractivity contribution in [2.24, 2.45) is 0 Å². The highest BCUT2D eigenvalue weighted by Crippen LogP contribution is 2.24. The number of nitrogens with one attached hydrogen (secondary N) is 1. The molecule has 0 fully saturated rings. The minimum Gasteiger partial charge on any atom is -0.484 e. The zero-order chi connectivity index (χ0) is 19.2. The van der Waals surface area contributed by atoms with E-state index in [2.05, 4.69) is 15.5 Å². The summed E-state index contributed by atoms with van der Waals surface area (Å²) in [6.45, 7) is 6.00. The Hall–Kier alpha value is -3.15. The SMILES string of the molecule is CCC(C)NC(=O)COc1ccc(-c2nc(-c3ccc(C)cc3)no2)cc1. The van der Waals surface area contributed by atoms with Crippen LogP contribution in [0.3, 0.4) is 0 Å². The summed E-state index contributed by atoms with van der Waals surface area (Å²) in [7, 11) is 0. The van der Waals surface area contributed by atoms with Crippen LogP contribution < -0.4 is 10.1 Å². The van der Waals surface area contributed by atoms with Crippen molar-refractivity contribution in [3.63, 3.8) is 0 Å². The van der Waals surface area contributed by atoms with E-state index in [9.17, 15) is 4.79 Å². The van der Waals surface area contributed by atoms with Gasteiger partial charge in [0.1, 0.15) is 5.75 Å². The predicted molar refractivity (Wildman–Crippen MR) is 103 cm³/mol. The maximum atomic E-state index is 11.8. The minimum absolute atomic E-state index is 0.0121. The van der Waals surface area contributed by atoms with Gasteiger partial charge in [-0.05, 0) is 44.5 Å². The quantitative estimate of drug-likeness (QED) is 0.685. The molecule has 1 heterocycles. The molecule has 6 heteroatoms. The van der Waals surface area contributed by atoms with E-state index in [0.717, 1.165) is 17.5 Å². The number of hydrogen-bond acceptors (Lipinski definition) is 5. The molecular weight excluding hydrogens is 342 g/mol. The molecule has 1 amide bonds. The Balaban J connectivity index is 1.62. The fourth-order valence-electron chi connectivity index (χ4n) is 2.42. The first-order chi connectivity index (χ1) is 13.0. The molecule has 0 aliphatic carbocycles. The average molecular weight is 365 g/mol. The molecule has 1 unspecified atom stereocenters. The molecule has 1 atom stereocenters. The summed E-state index contributed by atoms with van der Waals surface area (Å²) in [5.74, 6) is 1.46. The molecule has 0 aliphatic rings. The van der Waals surface area contributed by atoms with Crippen LogP contribution in [0.5, 0.6) is 5.75 Å². The predicted octanol–water partition coefficient (Wildman–Crippen LogP) is 4.01. The summed E-state index contributed by atoms with van der Waals surface area (Å²) in [5.41, 5.74) is 2.87. The van der Waals surface area contributed by atoms with Gasteiger partial charge < -0.3 is 14.6 Å². The van der Waals surface area contributed by atoms with Gasteiger partial charge in [0.25, 0.3) is 11.8 Å². The van der Waals surface area contributed by atoms with Gasteiger partial charge >= 0.3 is 0 Å². The van der Waals surface area contributed by atoms with Crippen molar-refractivity contribution in [2.75, 3.05) is 6.61 Å². The molecule has 2 aromatic carbocycles. The van der Waals surface area contributed by atoms with E-state index < -0.39 is 0 Å². The first kappa shape index (κ1) is 18.6. The van der Waals surface area contributed by atoms with Crippen LogP contribution in [0.4, 0.5) is 0 Å². The third-order valence-electron chi connectivity index (χ3n) is 4.23. The van der Waals surface area contributed by atoms with Gasteiger partial charge in [-0.25, -0.2) is 0 Å². The first-order valence-electron chi connectivity index (χ1n) is 8.98. The van der Waals surface area contributed by atoms with Gasteiger partial charge in [0.05, 0.1) is 0 Å². The lowest BCUT2D eigenvalue weighted by atomic mass is 10.1. The number of ether oxygens (including phenoxy) is 1. The highest BCUT2D eigenvalue weighted by atomic mass is 16.5. The van der Waals surface area contributed by atoms with Crippen LogP contribution in [0.2, 0.25) is 0 Å². The van der Waals surface area contributed by atoms with Crippen LogP contribution in [0.1, 0.15) is 25.8 Å². The first-order valence-corrected chi connectivity index (χ1v) is 8.98. The Bertz CT molecular complexity index is 886. The number of amides is 1. The molecule has 0 radical (unpaired) electrons. The van der Waals surface area contributed by atoms with Gasteiger partial charge in [0.2, 0.25) is 5.82 Å². The van der Waals surface area contributed by atoms with Crippen LogP contribution in [-0.4, -0.2) is 28.7 Å². The molecule has 27 heavy (non-hydrogen) atoms. The molecule has 3 rings (SSSR count). The smallest absolute Gasteiger partial charge is 0.258 e. The van der Waals surface area contributed by atoms with Gasteiger partial charge in [-0.3, -0.25) is 4.79 Å². The van der Waals surface area contributed by atoms with Crippen molar-refractivity contribution < 1.29 is 14.1 Å².